The first-order valence-electron chi connectivity index (χ1n) is 4.92. The standard InChI is InChI=1S/C11H12FN3O/c12-9-5-8(1-2-10(9)16)6-13-7-11-14-3-4-15-11/h1-5,13,16H,6-7H2,(H,14,15). The van der Waals surface area contributed by atoms with E-state index in [0.717, 1.165) is 11.4 Å². The average molecular weight is 221 g/mol. The molecule has 1 aromatic heterocycles. The number of benzene rings is 1. The number of phenols is 1. The van der Waals surface area contributed by atoms with Crippen LogP contribution in [0, 0.1) is 5.82 Å². The molecule has 0 unspecified atom stereocenters. The minimum Gasteiger partial charge on any atom is -0.505 e. The van der Waals surface area contributed by atoms with Crippen LogP contribution < -0.4 is 5.32 Å². The highest BCUT2D eigenvalue weighted by atomic mass is 19.1. The van der Waals surface area contributed by atoms with Crippen molar-refractivity contribution in [1.82, 2.24) is 15.3 Å². The van der Waals surface area contributed by atoms with Gasteiger partial charge in [0.15, 0.2) is 11.6 Å². The molecule has 4 nitrogen and oxygen atoms in total. The molecule has 0 saturated carbocycles. The van der Waals surface area contributed by atoms with E-state index in [-0.39, 0.29) is 5.75 Å². The Bertz CT molecular complexity index is 456. The summed E-state index contributed by atoms with van der Waals surface area (Å²) in [6.07, 6.45) is 3.43. The maximum absolute atomic E-state index is 13.0. The molecule has 0 fully saturated rings. The smallest absolute Gasteiger partial charge is 0.165 e. The van der Waals surface area contributed by atoms with Gasteiger partial charge in [0.25, 0.3) is 0 Å². The normalized spacial score (nSPS) is 10.6. The Morgan fingerprint density at radius 3 is 2.94 bits per heavy atom. The van der Waals surface area contributed by atoms with E-state index in [2.05, 4.69) is 15.3 Å². The van der Waals surface area contributed by atoms with Gasteiger partial charge in [-0.25, -0.2) is 9.37 Å². The van der Waals surface area contributed by atoms with Gasteiger partial charge in [-0.3, -0.25) is 0 Å². The number of rotatable bonds is 4. The first-order valence-corrected chi connectivity index (χ1v) is 4.92. The fourth-order valence-electron chi connectivity index (χ4n) is 1.38. The number of nitrogens with one attached hydrogen (secondary N) is 2. The molecule has 0 spiro atoms. The monoisotopic (exact) mass is 221 g/mol. The van der Waals surface area contributed by atoms with Crippen LogP contribution in [-0.4, -0.2) is 15.1 Å². The highest BCUT2D eigenvalue weighted by Gasteiger charge is 2.01. The predicted octanol–water partition coefficient (Wildman–Crippen LogP) is 1.54. The minimum absolute atomic E-state index is 0.324. The molecule has 0 amide bonds. The van der Waals surface area contributed by atoms with Crippen LogP contribution >= 0.6 is 0 Å². The Morgan fingerprint density at radius 1 is 1.38 bits per heavy atom. The molecule has 0 atom stereocenters. The molecular weight excluding hydrogens is 209 g/mol. The van der Waals surface area contributed by atoms with Gasteiger partial charge in [0, 0.05) is 18.9 Å². The molecule has 2 rings (SSSR count). The lowest BCUT2D eigenvalue weighted by atomic mass is 10.2. The van der Waals surface area contributed by atoms with Gasteiger partial charge in [-0.1, -0.05) is 6.07 Å². The second-order valence-corrected chi connectivity index (χ2v) is 3.43. The zero-order valence-corrected chi connectivity index (χ0v) is 8.57. The van der Waals surface area contributed by atoms with Gasteiger partial charge in [-0.15, -0.1) is 0 Å². The highest BCUT2D eigenvalue weighted by molar-refractivity contribution is 5.27. The molecule has 0 aliphatic rings. The van der Waals surface area contributed by atoms with E-state index in [1.807, 2.05) is 0 Å². The van der Waals surface area contributed by atoms with Crippen molar-refractivity contribution in [3.8, 4) is 5.75 Å². The van der Waals surface area contributed by atoms with Gasteiger partial charge in [0.05, 0.1) is 6.54 Å². The summed E-state index contributed by atoms with van der Waals surface area (Å²) in [7, 11) is 0. The number of nitrogens with zero attached hydrogens (tertiary/aromatic N) is 1. The number of aromatic nitrogens is 2. The summed E-state index contributed by atoms with van der Waals surface area (Å²) in [5.74, 6) is -0.0914. The fraction of sp³-hybridized carbons (Fsp3) is 0.182. The van der Waals surface area contributed by atoms with Gasteiger partial charge < -0.3 is 15.4 Å². The molecule has 5 heteroatoms. The molecule has 2 aromatic rings. The van der Waals surface area contributed by atoms with Crippen LogP contribution in [0.2, 0.25) is 0 Å². The molecule has 0 aliphatic heterocycles. The first kappa shape index (κ1) is 10.6. The lowest BCUT2D eigenvalue weighted by molar-refractivity contribution is 0.431. The molecule has 0 bridgehead atoms. The Morgan fingerprint density at radius 2 is 2.25 bits per heavy atom. The predicted molar refractivity (Wildman–Crippen MR) is 57.2 cm³/mol. The van der Waals surface area contributed by atoms with E-state index in [1.54, 1.807) is 18.5 Å². The van der Waals surface area contributed by atoms with Crippen molar-refractivity contribution in [1.29, 1.82) is 0 Å². The Labute approximate surface area is 92.2 Å². The Balaban J connectivity index is 1.87. The largest absolute Gasteiger partial charge is 0.505 e. The summed E-state index contributed by atoms with van der Waals surface area (Å²) >= 11 is 0. The van der Waals surface area contributed by atoms with Crippen LogP contribution in [0.3, 0.4) is 0 Å². The molecule has 0 aliphatic carbocycles. The topological polar surface area (TPSA) is 60.9 Å². The summed E-state index contributed by atoms with van der Waals surface area (Å²) in [5, 5.41) is 12.1. The maximum atomic E-state index is 13.0. The molecular formula is C11H12FN3O. The Hall–Kier alpha value is -1.88. The third kappa shape index (κ3) is 2.58. The van der Waals surface area contributed by atoms with Crippen LogP contribution in [-0.2, 0) is 13.1 Å². The van der Waals surface area contributed by atoms with Crippen molar-refractivity contribution >= 4 is 0 Å². The number of aromatic hydroxyl groups is 1. The molecule has 16 heavy (non-hydrogen) atoms. The number of H-pyrrole nitrogens is 1. The number of imidazole rings is 1. The minimum atomic E-state index is -0.600. The molecule has 0 saturated heterocycles. The van der Waals surface area contributed by atoms with Crippen LogP contribution in [0.4, 0.5) is 4.39 Å². The van der Waals surface area contributed by atoms with E-state index in [0.29, 0.717) is 13.1 Å². The summed E-state index contributed by atoms with van der Waals surface area (Å²) in [5.41, 5.74) is 0.779. The van der Waals surface area contributed by atoms with Gasteiger partial charge in [-0.2, -0.15) is 0 Å². The second kappa shape index (κ2) is 4.76. The molecule has 1 heterocycles. The summed E-state index contributed by atoms with van der Waals surface area (Å²) < 4.78 is 13.0. The van der Waals surface area contributed by atoms with Crippen molar-refractivity contribution in [2.45, 2.75) is 13.1 Å². The third-order valence-corrected chi connectivity index (χ3v) is 2.19. The number of hydrogen-bond donors (Lipinski definition) is 3. The van der Waals surface area contributed by atoms with Crippen molar-refractivity contribution in [2.24, 2.45) is 0 Å². The highest BCUT2D eigenvalue weighted by Crippen LogP contribution is 2.15. The summed E-state index contributed by atoms with van der Waals surface area (Å²) in [4.78, 5) is 7.00. The van der Waals surface area contributed by atoms with E-state index < -0.39 is 5.82 Å². The zero-order chi connectivity index (χ0) is 11.4. The van der Waals surface area contributed by atoms with E-state index in [4.69, 9.17) is 5.11 Å². The van der Waals surface area contributed by atoms with Gasteiger partial charge >= 0.3 is 0 Å². The van der Waals surface area contributed by atoms with E-state index in [1.165, 1.54) is 12.1 Å². The van der Waals surface area contributed by atoms with E-state index in [9.17, 15) is 4.39 Å². The van der Waals surface area contributed by atoms with Gasteiger partial charge in [0.2, 0.25) is 0 Å². The zero-order valence-electron chi connectivity index (χ0n) is 8.57. The molecule has 84 valence electrons. The quantitative estimate of drug-likeness (QED) is 0.734. The average Bonchev–Trinajstić information content (AvgIpc) is 2.76. The van der Waals surface area contributed by atoms with Crippen molar-refractivity contribution in [3.63, 3.8) is 0 Å². The fourth-order valence-corrected chi connectivity index (χ4v) is 1.38. The van der Waals surface area contributed by atoms with Crippen molar-refractivity contribution in [2.75, 3.05) is 0 Å². The maximum Gasteiger partial charge on any atom is 0.165 e. The number of halogens is 1. The van der Waals surface area contributed by atoms with Crippen molar-refractivity contribution < 1.29 is 9.50 Å². The van der Waals surface area contributed by atoms with Crippen LogP contribution in [0.25, 0.3) is 0 Å². The first-order chi connectivity index (χ1) is 7.75. The molecule has 3 N–H and O–H groups in total. The summed E-state index contributed by atoms with van der Waals surface area (Å²) in [6, 6.07) is 4.33. The van der Waals surface area contributed by atoms with Gasteiger partial charge in [-0.05, 0) is 17.7 Å². The van der Waals surface area contributed by atoms with Crippen LogP contribution in [0.15, 0.2) is 30.6 Å². The molecule has 1 aromatic carbocycles. The lowest BCUT2D eigenvalue weighted by Gasteiger charge is -2.04. The second-order valence-electron chi connectivity index (χ2n) is 3.43. The van der Waals surface area contributed by atoms with Crippen LogP contribution in [0.1, 0.15) is 11.4 Å². The summed E-state index contributed by atoms with van der Waals surface area (Å²) in [6.45, 7) is 1.12. The Kier molecular flexibility index (Phi) is 3.16. The molecule has 0 radical (unpaired) electrons. The third-order valence-electron chi connectivity index (χ3n) is 2.19. The lowest BCUT2D eigenvalue weighted by Crippen LogP contribution is -2.13. The number of phenolic OH excluding ortho intramolecular Hbond substituents is 1. The van der Waals surface area contributed by atoms with Crippen LogP contribution in [0.5, 0.6) is 5.75 Å². The SMILES string of the molecule is Oc1ccc(CNCc2ncc[nH]2)cc1F. The van der Waals surface area contributed by atoms with E-state index >= 15 is 0 Å². The van der Waals surface area contributed by atoms with Gasteiger partial charge in [0.1, 0.15) is 5.82 Å². The number of hydrogen-bond acceptors (Lipinski definition) is 3. The number of aromatic amines is 1. The van der Waals surface area contributed by atoms with Crippen molar-refractivity contribution in [3.05, 3.63) is 47.8 Å².